The smallest absolute Gasteiger partial charge is 0.235 e. The van der Waals surface area contributed by atoms with Crippen LogP contribution in [0.5, 0.6) is 0 Å². The molecule has 2 heterocycles. The summed E-state index contributed by atoms with van der Waals surface area (Å²) in [6.07, 6.45) is 0. The van der Waals surface area contributed by atoms with Gasteiger partial charge in [-0.2, -0.15) is 0 Å². The van der Waals surface area contributed by atoms with E-state index in [1.807, 2.05) is 0 Å². The first-order valence-corrected chi connectivity index (χ1v) is 16.0. The predicted octanol–water partition coefficient (Wildman–Crippen LogP) is 11.5. The lowest BCUT2D eigenvalue weighted by atomic mass is 9.96. The van der Waals surface area contributed by atoms with Gasteiger partial charge in [-0.1, -0.05) is 152 Å². The topological polar surface area (TPSA) is 30.7 Å². The van der Waals surface area contributed by atoms with Crippen molar-refractivity contribution in [3.05, 3.63) is 164 Å². The highest BCUT2D eigenvalue weighted by atomic mass is 15.2. The second-order valence-corrected chi connectivity index (χ2v) is 12.2. The van der Waals surface area contributed by atoms with Crippen LogP contribution in [0.2, 0.25) is 0 Å². The van der Waals surface area contributed by atoms with Gasteiger partial charge in [-0.05, 0) is 44.8 Å². The molecule has 3 heteroatoms. The van der Waals surface area contributed by atoms with E-state index in [1.54, 1.807) is 0 Å². The Labute approximate surface area is 271 Å². The van der Waals surface area contributed by atoms with Crippen LogP contribution < -0.4 is 0 Å². The molecule has 0 radical (unpaired) electrons. The molecule has 0 saturated heterocycles. The molecule has 47 heavy (non-hydrogen) atoms. The van der Waals surface area contributed by atoms with Crippen molar-refractivity contribution in [2.75, 3.05) is 0 Å². The zero-order chi connectivity index (χ0) is 30.9. The van der Waals surface area contributed by atoms with Crippen LogP contribution in [0.1, 0.15) is 0 Å². The van der Waals surface area contributed by atoms with Gasteiger partial charge in [0.2, 0.25) is 5.95 Å². The molecule has 10 rings (SSSR count). The van der Waals surface area contributed by atoms with E-state index in [9.17, 15) is 0 Å². The second-order valence-electron chi connectivity index (χ2n) is 12.2. The summed E-state index contributed by atoms with van der Waals surface area (Å²) in [6.45, 7) is 0. The standard InChI is InChI=1S/C44H27N3/c1-3-13-28(14-4-1)31-24-25-37-39(27-31)45-44(46-41(37)30-16-5-2-6-17-30)47-42-32-18-8-7-15-29(32)23-26-38(42)40-35-21-11-9-19-33(35)34-20-10-12-22-36(34)43(40)47/h1-27H. The van der Waals surface area contributed by atoms with E-state index in [1.165, 1.54) is 43.1 Å². The normalized spacial score (nSPS) is 11.8. The Balaban J connectivity index is 1.43. The third-order valence-electron chi connectivity index (χ3n) is 9.56. The van der Waals surface area contributed by atoms with Crippen molar-refractivity contribution in [3.8, 4) is 28.3 Å². The van der Waals surface area contributed by atoms with Crippen LogP contribution in [0.3, 0.4) is 0 Å². The molecule has 0 aliphatic heterocycles. The largest absolute Gasteiger partial charge is 0.277 e. The number of hydrogen-bond donors (Lipinski definition) is 0. The van der Waals surface area contributed by atoms with Crippen LogP contribution in [0.4, 0.5) is 0 Å². The van der Waals surface area contributed by atoms with Crippen LogP contribution in [0.15, 0.2) is 164 Å². The van der Waals surface area contributed by atoms with Gasteiger partial charge in [0.15, 0.2) is 0 Å². The fraction of sp³-hybridized carbons (Fsp3) is 0. The van der Waals surface area contributed by atoms with E-state index in [0.717, 1.165) is 44.3 Å². The van der Waals surface area contributed by atoms with Gasteiger partial charge in [-0.3, -0.25) is 4.57 Å². The third-order valence-corrected chi connectivity index (χ3v) is 9.56. The van der Waals surface area contributed by atoms with Crippen LogP contribution in [0.25, 0.3) is 93.4 Å². The monoisotopic (exact) mass is 597 g/mol. The summed E-state index contributed by atoms with van der Waals surface area (Å²) < 4.78 is 2.34. The van der Waals surface area contributed by atoms with Gasteiger partial charge in [-0.25, -0.2) is 9.97 Å². The van der Waals surface area contributed by atoms with E-state index < -0.39 is 0 Å². The van der Waals surface area contributed by atoms with Crippen LogP contribution in [-0.4, -0.2) is 14.5 Å². The molecule has 0 fully saturated rings. The van der Waals surface area contributed by atoms with Gasteiger partial charge in [0, 0.05) is 32.5 Å². The molecular weight excluding hydrogens is 571 g/mol. The summed E-state index contributed by atoms with van der Waals surface area (Å²) in [7, 11) is 0. The molecule has 0 aliphatic carbocycles. The maximum atomic E-state index is 5.46. The van der Waals surface area contributed by atoms with Gasteiger partial charge >= 0.3 is 0 Å². The van der Waals surface area contributed by atoms with Crippen LogP contribution >= 0.6 is 0 Å². The van der Waals surface area contributed by atoms with Crippen molar-refractivity contribution < 1.29 is 0 Å². The van der Waals surface area contributed by atoms with Crippen LogP contribution in [0, 0.1) is 0 Å². The molecule has 0 amide bonds. The highest BCUT2D eigenvalue weighted by Crippen LogP contribution is 2.44. The van der Waals surface area contributed by atoms with Gasteiger partial charge in [0.1, 0.15) is 0 Å². The van der Waals surface area contributed by atoms with Crippen molar-refractivity contribution in [3.63, 3.8) is 0 Å². The molecule has 0 saturated carbocycles. The zero-order valence-corrected chi connectivity index (χ0v) is 25.4. The van der Waals surface area contributed by atoms with Crippen molar-refractivity contribution >= 4 is 65.0 Å². The van der Waals surface area contributed by atoms with Crippen molar-refractivity contribution in [1.82, 2.24) is 14.5 Å². The highest BCUT2D eigenvalue weighted by Gasteiger charge is 2.23. The summed E-state index contributed by atoms with van der Waals surface area (Å²) >= 11 is 0. The van der Waals surface area contributed by atoms with Crippen molar-refractivity contribution in [2.45, 2.75) is 0 Å². The van der Waals surface area contributed by atoms with Gasteiger partial charge in [0.25, 0.3) is 0 Å². The Morgan fingerprint density at radius 2 is 0.957 bits per heavy atom. The average molecular weight is 598 g/mol. The fourth-order valence-corrected chi connectivity index (χ4v) is 7.48. The second kappa shape index (κ2) is 10.1. The van der Waals surface area contributed by atoms with E-state index in [4.69, 9.17) is 9.97 Å². The Kier molecular flexibility index (Phi) is 5.57. The molecule has 0 atom stereocenters. The minimum absolute atomic E-state index is 0.665. The number of benzene rings is 8. The maximum absolute atomic E-state index is 5.46. The number of aromatic nitrogens is 3. The molecule has 3 nitrogen and oxygen atoms in total. The molecule has 8 aromatic carbocycles. The molecule has 0 bridgehead atoms. The number of nitrogens with zero attached hydrogens (tertiary/aromatic N) is 3. The summed E-state index contributed by atoms with van der Waals surface area (Å²) in [4.78, 5) is 10.9. The number of hydrogen-bond acceptors (Lipinski definition) is 2. The van der Waals surface area contributed by atoms with Gasteiger partial charge in [0.05, 0.1) is 22.2 Å². The summed E-state index contributed by atoms with van der Waals surface area (Å²) in [6, 6.07) is 58.3. The van der Waals surface area contributed by atoms with E-state index in [-0.39, 0.29) is 0 Å². The van der Waals surface area contributed by atoms with E-state index >= 15 is 0 Å². The first kappa shape index (κ1) is 26.0. The number of fused-ring (bicyclic) bond motifs is 11. The molecule has 2 aromatic heterocycles. The minimum atomic E-state index is 0.665. The zero-order valence-electron chi connectivity index (χ0n) is 25.4. The third kappa shape index (κ3) is 3.87. The lowest BCUT2D eigenvalue weighted by Crippen LogP contribution is -2.04. The number of rotatable bonds is 3. The molecule has 0 unspecified atom stereocenters. The average Bonchev–Trinajstić information content (AvgIpc) is 3.51. The lowest BCUT2D eigenvalue weighted by molar-refractivity contribution is 1.02. The predicted molar refractivity (Wildman–Crippen MR) is 197 cm³/mol. The SMILES string of the molecule is c1ccc(-c2ccc3c(-c4ccccc4)nc(-n4c5c6ccccc6ccc5c5c6ccccc6c6ccccc6c54)nc3c2)cc1. The van der Waals surface area contributed by atoms with Gasteiger partial charge in [-0.15, -0.1) is 0 Å². The summed E-state index contributed by atoms with van der Waals surface area (Å²) in [5.74, 6) is 0.665. The maximum Gasteiger partial charge on any atom is 0.235 e. The Morgan fingerprint density at radius 1 is 0.362 bits per heavy atom. The first-order valence-electron chi connectivity index (χ1n) is 16.0. The molecule has 218 valence electrons. The van der Waals surface area contributed by atoms with E-state index in [2.05, 4.69) is 168 Å². The first-order chi connectivity index (χ1) is 23.3. The Morgan fingerprint density at radius 3 is 1.72 bits per heavy atom. The summed E-state index contributed by atoms with van der Waals surface area (Å²) in [5, 5.41) is 10.7. The highest BCUT2D eigenvalue weighted by molar-refractivity contribution is 6.34. The van der Waals surface area contributed by atoms with Crippen molar-refractivity contribution in [2.24, 2.45) is 0 Å². The molecule has 10 aromatic rings. The minimum Gasteiger partial charge on any atom is -0.277 e. The Bertz CT molecular complexity index is 2830. The molecule has 0 spiro atoms. The van der Waals surface area contributed by atoms with Crippen LogP contribution in [-0.2, 0) is 0 Å². The lowest BCUT2D eigenvalue weighted by Gasteiger charge is -2.15. The van der Waals surface area contributed by atoms with E-state index in [0.29, 0.717) is 5.95 Å². The quantitative estimate of drug-likeness (QED) is 0.190. The molecule has 0 aliphatic rings. The van der Waals surface area contributed by atoms with Gasteiger partial charge < -0.3 is 0 Å². The molecular formula is C44H27N3. The van der Waals surface area contributed by atoms with Crippen molar-refractivity contribution in [1.29, 1.82) is 0 Å². The molecule has 0 N–H and O–H groups in total. The Hall–Kier alpha value is -6.32. The fourth-order valence-electron chi connectivity index (χ4n) is 7.48. The summed E-state index contributed by atoms with van der Waals surface area (Å²) in [5.41, 5.74) is 7.44.